The van der Waals surface area contributed by atoms with Crippen LogP contribution in [0.1, 0.15) is 58.1 Å². The first-order valence-electron chi connectivity index (χ1n) is 10.7. The number of carbonyl (C=O) groups is 3. The van der Waals surface area contributed by atoms with E-state index < -0.39 is 34.9 Å². The van der Waals surface area contributed by atoms with Gasteiger partial charge in [-0.25, -0.2) is 0 Å². The van der Waals surface area contributed by atoms with Crippen molar-refractivity contribution in [3.05, 3.63) is 24.2 Å². The highest BCUT2D eigenvalue weighted by atomic mass is 16.5. The number of cyclic esters (lactones) is 1. The highest BCUT2D eigenvalue weighted by Gasteiger charge is 2.67. The van der Waals surface area contributed by atoms with Gasteiger partial charge in [0.1, 0.15) is 12.2 Å². The third kappa shape index (κ3) is 3.01. The molecule has 0 amide bonds. The van der Waals surface area contributed by atoms with Crippen molar-refractivity contribution in [1.29, 1.82) is 0 Å². The minimum atomic E-state index is -0.668. The van der Waals surface area contributed by atoms with Gasteiger partial charge >= 0.3 is 11.9 Å². The highest BCUT2D eigenvalue weighted by molar-refractivity contribution is 5.92. The Morgan fingerprint density at radius 3 is 2.67 bits per heavy atom. The second kappa shape index (κ2) is 7.52. The van der Waals surface area contributed by atoms with Crippen LogP contribution in [0.2, 0.25) is 0 Å². The van der Waals surface area contributed by atoms with Crippen LogP contribution >= 0.6 is 0 Å². The maximum absolute atomic E-state index is 13.7. The monoisotopic (exact) mass is 418 g/mol. The Hall–Kier alpha value is -2.15. The number of Topliss-reactive ketones (excluding diaryl/α,β-unsaturated/α-hetero) is 1. The summed E-state index contributed by atoms with van der Waals surface area (Å²) in [4.78, 5) is 39.5. The van der Waals surface area contributed by atoms with Crippen LogP contribution in [0.15, 0.2) is 23.0 Å². The van der Waals surface area contributed by atoms with Gasteiger partial charge in [0.2, 0.25) is 0 Å². The molecule has 7 heteroatoms. The van der Waals surface area contributed by atoms with Gasteiger partial charge in [0.05, 0.1) is 31.5 Å². The van der Waals surface area contributed by atoms with Crippen LogP contribution in [-0.2, 0) is 28.6 Å². The minimum Gasteiger partial charge on any atom is -0.472 e. The number of ketones is 1. The molecule has 2 saturated carbocycles. The van der Waals surface area contributed by atoms with Crippen LogP contribution in [0, 0.1) is 28.6 Å². The molecule has 1 aliphatic heterocycles. The maximum atomic E-state index is 13.7. The van der Waals surface area contributed by atoms with E-state index in [1.807, 2.05) is 20.8 Å². The molecule has 30 heavy (non-hydrogen) atoms. The van der Waals surface area contributed by atoms with E-state index in [0.717, 1.165) is 5.56 Å². The molecule has 164 valence electrons. The molecule has 0 spiro atoms. The van der Waals surface area contributed by atoms with Gasteiger partial charge in [-0.3, -0.25) is 14.4 Å². The van der Waals surface area contributed by atoms with Gasteiger partial charge in [0.15, 0.2) is 5.78 Å². The highest BCUT2D eigenvalue weighted by Crippen LogP contribution is 2.65. The van der Waals surface area contributed by atoms with Crippen molar-refractivity contribution in [2.45, 2.75) is 58.7 Å². The lowest BCUT2D eigenvalue weighted by Crippen LogP contribution is -2.64. The fourth-order valence-electron chi connectivity index (χ4n) is 6.51. The number of carbonyl (C=O) groups excluding carboxylic acids is 3. The lowest BCUT2D eigenvalue weighted by Gasteiger charge is -2.61. The molecular formula is C23H30O7. The van der Waals surface area contributed by atoms with E-state index in [-0.39, 0.29) is 23.6 Å². The molecule has 1 aromatic heterocycles. The molecular weight excluding hydrogens is 388 g/mol. The summed E-state index contributed by atoms with van der Waals surface area (Å²) in [6.45, 7) is 6.24. The van der Waals surface area contributed by atoms with Crippen molar-refractivity contribution in [2.24, 2.45) is 28.6 Å². The molecule has 0 aromatic carbocycles. The fourth-order valence-corrected chi connectivity index (χ4v) is 6.51. The number of ether oxygens (including phenoxy) is 3. The van der Waals surface area contributed by atoms with E-state index in [1.165, 1.54) is 7.11 Å². The summed E-state index contributed by atoms with van der Waals surface area (Å²) in [5, 5.41) is 0. The Morgan fingerprint density at radius 2 is 2.03 bits per heavy atom. The SMILES string of the molecule is CCO[C@H]1C[C@@H](C(=O)OC)[C@]2(C)CCC3C(=O)O[C@@H](c4ccoc4)C[C@]3(C)C2C1=O. The first kappa shape index (κ1) is 21.1. The minimum absolute atomic E-state index is 0.00709. The molecule has 2 aliphatic carbocycles. The summed E-state index contributed by atoms with van der Waals surface area (Å²) in [7, 11) is 1.38. The van der Waals surface area contributed by atoms with E-state index >= 15 is 0 Å². The molecule has 0 N–H and O–H groups in total. The first-order chi connectivity index (χ1) is 14.3. The lowest BCUT2D eigenvalue weighted by molar-refractivity contribution is -0.209. The summed E-state index contributed by atoms with van der Waals surface area (Å²) in [6.07, 6.45) is 3.98. The third-order valence-corrected chi connectivity index (χ3v) is 7.87. The van der Waals surface area contributed by atoms with Crippen LogP contribution in [0.3, 0.4) is 0 Å². The zero-order chi connectivity index (χ0) is 21.7. The van der Waals surface area contributed by atoms with Gasteiger partial charge in [-0.1, -0.05) is 13.8 Å². The van der Waals surface area contributed by atoms with Crippen LogP contribution in [0.5, 0.6) is 0 Å². The van der Waals surface area contributed by atoms with Crippen LogP contribution in [-0.4, -0.2) is 37.5 Å². The number of fused-ring (bicyclic) bond motifs is 3. The Kier molecular flexibility index (Phi) is 5.29. The van der Waals surface area contributed by atoms with Crippen molar-refractivity contribution >= 4 is 17.7 Å². The van der Waals surface area contributed by atoms with E-state index in [1.54, 1.807) is 18.6 Å². The van der Waals surface area contributed by atoms with Gasteiger partial charge < -0.3 is 18.6 Å². The molecule has 4 rings (SSSR count). The van der Waals surface area contributed by atoms with Crippen molar-refractivity contribution < 1.29 is 33.0 Å². The largest absolute Gasteiger partial charge is 0.472 e. The smallest absolute Gasteiger partial charge is 0.310 e. The van der Waals surface area contributed by atoms with Crippen molar-refractivity contribution in [1.82, 2.24) is 0 Å². The summed E-state index contributed by atoms with van der Waals surface area (Å²) < 4.78 is 21.8. The van der Waals surface area contributed by atoms with Crippen molar-refractivity contribution in [3.8, 4) is 0 Å². The molecule has 1 aromatic rings. The molecule has 0 radical (unpaired) electrons. The molecule has 0 bridgehead atoms. The quantitative estimate of drug-likeness (QED) is 0.691. The van der Waals surface area contributed by atoms with E-state index in [4.69, 9.17) is 18.6 Å². The van der Waals surface area contributed by atoms with E-state index in [9.17, 15) is 14.4 Å². The molecule has 7 atom stereocenters. The Bertz CT molecular complexity index is 831. The second-order valence-corrected chi connectivity index (χ2v) is 9.38. The zero-order valence-corrected chi connectivity index (χ0v) is 18.0. The molecule has 2 heterocycles. The topological polar surface area (TPSA) is 92.0 Å². The van der Waals surface area contributed by atoms with Gasteiger partial charge in [-0.15, -0.1) is 0 Å². The molecule has 7 nitrogen and oxygen atoms in total. The van der Waals surface area contributed by atoms with Crippen molar-refractivity contribution in [2.75, 3.05) is 13.7 Å². The zero-order valence-electron chi connectivity index (χ0n) is 18.0. The number of furan rings is 1. The lowest BCUT2D eigenvalue weighted by atomic mass is 9.43. The third-order valence-electron chi connectivity index (χ3n) is 7.87. The van der Waals surface area contributed by atoms with Gasteiger partial charge in [0.25, 0.3) is 0 Å². The average molecular weight is 418 g/mol. The predicted molar refractivity (Wildman–Crippen MR) is 105 cm³/mol. The molecule has 1 saturated heterocycles. The average Bonchev–Trinajstić information content (AvgIpc) is 3.23. The number of hydrogen-bond donors (Lipinski definition) is 0. The summed E-state index contributed by atoms with van der Waals surface area (Å²) in [6, 6.07) is 1.78. The number of hydrogen-bond acceptors (Lipinski definition) is 7. The van der Waals surface area contributed by atoms with Gasteiger partial charge in [-0.05, 0) is 49.5 Å². The van der Waals surface area contributed by atoms with Crippen molar-refractivity contribution in [3.63, 3.8) is 0 Å². The normalized spacial score (nSPS) is 40.9. The molecule has 2 unspecified atom stereocenters. The second-order valence-electron chi connectivity index (χ2n) is 9.38. The van der Waals surface area contributed by atoms with E-state index in [2.05, 4.69) is 0 Å². The molecule has 3 fully saturated rings. The van der Waals surface area contributed by atoms with Gasteiger partial charge in [0, 0.05) is 18.1 Å². The standard InChI is InChI=1S/C23H30O7/c1-5-29-16-10-15(20(25)27-4)22(2)8-6-14-21(26)30-17(13-7-9-28-12-13)11-23(14,3)19(22)18(16)24/h7,9,12,14-17,19H,5-6,8,10-11H2,1-4H3/t14?,15-,16-,17+,19?,22-,23-/m0/s1. The first-order valence-corrected chi connectivity index (χ1v) is 10.7. The number of esters is 2. The summed E-state index contributed by atoms with van der Waals surface area (Å²) in [5.41, 5.74) is -0.463. The summed E-state index contributed by atoms with van der Waals surface area (Å²) in [5.74, 6) is -1.94. The maximum Gasteiger partial charge on any atom is 0.310 e. The Labute approximate surface area is 176 Å². The number of rotatable bonds is 4. The summed E-state index contributed by atoms with van der Waals surface area (Å²) >= 11 is 0. The molecule has 3 aliphatic rings. The van der Waals surface area contributed by atoms with Gasteiger partial charge in [-0.2, -0.15) is 0 Å². The Morgan fingerprint density at radius 1 is 1.27 bits per heavy atom. The predicted octanol–water partition coefficient (Wildman–Crippen LogP) is 3.47. The van der Waals surface area contributed by atoms with Crippen LogP contribution in [0.25, 0.3) is 0 Å². The van der Waals surface area contributed by atoms with Crippen LogP contribution in [0.4, 0.5) is 0 Å². The van der Waals surface area contributed by atoms with Crippen LogP contribution < -0.4 is 0 Å². The van der Waals surface area contributed by atoms with E-state index in [0.29, 0.717) is 32.3 Å². The Balaban J connectivity index is 1.79. The number of methoxy groups -OCH3 is 1. The fraction of sp³-hybridized carbons (Fsp3) is 0.696.